The summed E-state index contributed by atoms with van der Waals surface area (Å²) < 4.78 is 7.02. The van der Waals surface area contributed by atoms with Gasteiger partial charge in [-0.15, -0.1) is 0 Å². The summed E-state index contributed by atoms with van der Waals surface area (Å²) in [5.41, 5.74) is -0.634. The molecule has 4 bridgehead atoms. The van der Waals surface area contributed by atoms with Gasteiger partial charge in [0, 0.05) is 14.1 Å². The monoisotopic (exact) mass is 428 g/mol. The average molecular weight is 429 g/mol. The molecule has 5 aliphatic heterocycles. The third-order valence-corrected chi connectivity index (χ3v) is 14.2. The zero-order chi connectivity index (χ0) is 21.9. The molecule has 0 aromatic rings. The molecular formula is C24H36N2O3Si. The summed E-state index contributed by atoms with van der Waals surface area (Å²) in [7, 11) is 1.76. The Balaban J connectivity index is 1.77. The SMILES string of the molecule is CN1C(=O)[C@@H]2C=C[C@]13CC[C@H](O[Si](C)(C)C(C)(C)C)[C@]31C=C3CCC[C@@]32N(C)C1=O. The molecule has 3 spiro atoms. The third-order valence-electron chi connectivity index (χ3n) is 9.75. The van der Waals surface area contributed by atoms with Gasteiger partial charge in [-0.2, -0.15) is 0 Å². The van der Waals surface area contributed by atoms with Gasteiger partial charge in [0.2, 0.25) is 11.8 Å². The number of nitrogens with zero attached hydrogens (tertiary/aromatic N) is 2. The van der Waals surface area contributed by atoms with Crippen molar-refractivity contribution in [3.05, 3.63) is 23.8 Å². The molecule has 2 saturated carbocycles. The molecule has 2 amide bonds. The van der Waals surface area contributed by atoms with Crippen LogP contribution in [0.25, 0.3) is 0 Å². The van der Waals surface area contributed by atoms with E-state index in [0.29, 0.717) is 0 Å². The Kier molecular flexibility index (Phi) is 3.88. The highest BCUT2D eigenvalue weighted by Crippen LogP contribution is 2.65. The van der Waals surface area contributed by atoms with Gasteiger partial charge >= 0.3 is 0 Å². The fraction of sp³-hybridized carbons (Fsp3) is 0.750. The van der Waals surface area contributed by atoms with Crippen molar-refractivity contribution in [1.29, 1.82) is 0 Å². The van der Waals surface area contributed by atoms with Gasteiger partial charge in [-0.25, -0.2) is 0 Å². The Bertz CT molecular complexity index is 903. The largest absolute Gasteiger partial charge is 0.412 e. The Hall–Kier alpha value is -1.40. The molecule has 8 aliphatic rings. The third kappa shape index (κ3) is 1.99. The van der Waals surface area contributed by atoms with Gasteiger partial charge in [-0.1, -0.05) is 39.0 Å². The summed E-state index contributed by atoms with van der Waals surface area (Å²) in [6.07, 6.45) is 10.9. The van der Waals surface area contributed by atoms with Crippen LogP contribution in [0.4, 0.5) is 0 Å². The second-order valence-electron chi connectivity index (χ2n) is 11.7. The van der Waals surface area contributed by atoms with Gasteiger partial charge in [-0.05, 0) is 55.8 Å². The van der Waals surface area contributed by atoms with Crippen LogP contribution in [-0.4, -0.2) is 61.2 Å². The summed E-state index contributed by atoms with van der Waals surface area (Å²) in [6, 6.07) is 0. The van der Waals surface area contributed by atoms with E-state index >= 15 is 0 Å². The Labute approximate surface area is 181 Å². The lowest BCUT2D eigenvalue weighted by molar-refractivity contribution is -0.172. The van der Waals surface area contributed by atoms with E-state index in [-0.39, 0.29) is 28.9 Å². The van der Waals surface area contributed by atoms with Crippen LogP contribution >= 0.6 is 0 Å². The van der Waals surface area contributed by atoms with Crippen molar-refractivity contribution in [3.8, 4) is 0 Å². The molecule has 30 heavy (non-hydrogen) atoms. The summed E-state index contributed by atoms with van der Waals surface area (Å²) in [5, 5.41) is 0.0596. The summed E-state index contributed by atoms with van der Waals surface area (Å²) in [6.45, 7) is 11.3. The van der Waals surface area contributed by atoms with Crippen LogP contribution in [-0.2, 0) is 14.0 Å². The van der Waals surface area contributed by atoms with Gasteiger partial charge in [0.1, 0.15) is 5.41 Å². The second kappa shape index (κ2) is 5.69. The van der Waals surface area contributed by atoms with Gasteiger partial charge < -0.3 is 14.2 Å². The summed E-state index contributed by atoms with van der Waals surface area (Å²) in [5.74, 6) is 0.0549. The molecule has 5 atom stereocenters. The maximum absolute atomic E-state index is 14.3. The van der Waals surface area contributed by atoms with Crippen LogP contribution in [0.5, 0.6) is 0 Å². The molecule has 0 radical (unpaired) electrons. The van der Waals surface area contributed by atoms with Crippen LogP contribution in [0.15, 0.2) is 23.8 Å². The number of amides is 2. The quantitative estimate of drug-likeness (QED) is 0.495. The maximum Gasteiger partial charge on any atom is 0.238 e. The van der Waals surface area contributed by atoms with Gasteiger partial charge in [0.25, 0.3) is 0 Å². The van der Waals surface area contributed by atoms with Gasteiger partial charge in [0.05, 0.1) is 23.1 Å². The van der Waals surface area contributed by atoms with Crippen molar-refractivity contribution in [2.24, 2.45) is 11.3 Å². The van der Waals surface area contributed by atoms with E-state index in [4.69, 9.17) is 4.43 Å². The van der Waals surface area contributed by atoms with Crippen molar-refractivity contribution >= 4 is 20.1 Å². The molecule has 5 heterocycles. The number of carbonyl (C=O) groups excluding carboxylic acids is 2. The number of hydrogen-bond acceptors (Lipinski definition) is 3. The molecule has 0 aromatic heterocycles. The first-order valence-corrected chi connectivity index (χ1v) is 14.4. The normalized spacial score (nSPS) is 42.4. The van der Waals surface area contributed by atoms with Crippen molar-refractivity contribution in [1.82, 2.24) is 9.80 Å². The van der Waals surface area contributed by atoms with E-state index in [1.54, 1.807) is 0 Å². The Morgan fingerprint density at radius 2 is 1.83 bits per heavy atom. The van der Waals surface area contributed by atoms with Crippen LogP contribution < -0.4 is 0 Å². The highest BCUT2D eigenvalue weighted by atomic mass is 28.4. The number of carbonyl (C=O) groups is 2. The van der Waals surface area contributed by atoms with Crippen LogP contribution in [0, 0.1) is 11.3 Å². The lowest BCUT2D eigenvalue weighted by Gasteiger charge is -2.63. The Morgan fingerprint density at radius 1 is 1.13 bits per heavy atom. The van der Waals surface area contributed by atoms with E-state index in [1.165, 1.54) is 5.57 Å². The summed E-state index contributed by atoms with van der Waals surface area (Å²) >= 11 is 0. The molecule has 0 unspecified atom stereocenters. The molecule has 3 fully saturated rings. The van der Waals surface area contributed by atoms with Crippen molar-refractivity contribution < 1.29 is 14.0 Å². The second-order valence-corrected chi connectivity index (χ2v) is 16.5. The molecule has 0 aromatic carbocycles. The first-order valence-electron chi connectivity index (χ1n) is 11.5. The van der Waals surface area contributed by atoms with Crippen LogP contribution in [0.1, 0.15) is 52.9 Å². The van der Waals surface area contributed by atoms with Crippen molar-refractivity contribution in [3.63, 3.8) is 0 Å². The van der Waals surface area contributed by atoms with Crippen molar-refractivity contribution in [2.45, 2.75) is 88.2 Å². The molecule has 6 heteroatoms. The van der Waals surface area contributed by atoms with Crippen LogP contribution in [0.3, 0.4) is 0 Å². The van der Waals surface area contributed by atoms with Gasteiger partial charge in [-0.3, -0.25) is 9.59 Å². The van der Waals surface area contributed by atoms with E-state index in [0.717, 1.165) is 32.1 Å². The maximum atomic E-state index is 14.3. The van der Waals surface area contributed by atoms with E-state index < -0.39 is 24.8 Å². The lowest BCUT2D eigenvalue weighted by Crippen LogP contribution is -2.76. The zero-order valence-electron chi connectivity index (χ0n) is 19.5. The highest BCUT2D eigenvalue weighted by Gasteiger charge is 2.75. The average Bonchev–Trinajstić information content (AvgIpc) is 3.18. The van der Waals surface area contributed by atoms with Gasteiger partial charge in [0.15, 0.2) is 8.32 Å². The summed E-state index contributed by atoms with van der Waals surface area (Å²) in [4.78, 5) is 31.9. The lowest BCUT2D eigenvalue weighted by atomic mass is 9.57. The highest BCUT2D eigenvalue weighted by molar-refractivity contribution is 6.74. The first kappa shape index (κ1) is 20.5. The molecule has 1 saturated heterocycles. The fourth-order valence-corrected chi connectivity index (χ4v) is 8.41. The molecule has 164 valence electrons. The standard InChI is InChI=1S/C24H36N2O3Si/c1-21(2,3)30(6,7)29-18-11-14-22-13-10-17(19(27)25(22)4)24-12-8-9-16(24)15-23(18,22)20(28)26(24)5/h10,13,15,17-18H,8-9,11-12,14H2,1-7H3/t17-,18-,22+,23-,24+/m0/s1. The van der Waals surface area contributed by atoms with E-state index in [2.05, 4.69) is 52.1 Å². The minimum absolute atomic E-state index is 0.0596. The molecular weight excluding hydrogens is 392 g/mol. The molecule has 3 aliphatic carbocycles. The fourth-order valence-electron chi connectivity index (χ4n) is 7.04. The minimum atomic E-state index is -2.11. The Morgan fingerprint density at radius 3 is 2.50 bits per heavy atom. The topological polar surface area (TPSA) is 49.9 Å². The molecule has 0 N–H and O–H groups in total. The first-order chi connectivity index (χ1) is 13.9. The number of hydrogen-bond donors (Lipinski definition) is 0. The van der Waals surface area contributed by atoms with Crippen LogP contribution in [0.2, 0.25) is 18.1 Å². The predicted octanol–water partition coefficient (Wildman–Crippen LogP) is 3.87. The molecule has 5 nitrogen and oxygen atoms in total. The van der Waals surface area contributed by atoms with E-state index in [9.17, 15) is 9.59 Å². The predicted molar refractivity (Wildman–Crippen MR) is 119 cm³/mol. The number of likely N-dealkylation sites (N-methyl/N-ethyl adjacent to an activating group) is 2. The molecule has 8 rings (SSSR count). The number of rotatable bonds is 2. The zero-order valence-corrected chi connectivity index (χ0v) is 20.5. The van der Waals surface area contributed by atoms with Crippen molar-refractivity contribution in [2.75, 3.05) is 14.1 Å². The minimum Gasteiger partial charge on any atom is -0.412 e. The smallest absolute Gasteiger partial charge is 0.238 e. The van der Waals surface area contributed by atoms with E-state index in [1.807, 2.05) is 23.9 Å².